The summed E-state index contributed by atoms with van der Waals surface area (Å²) in [6.45, 7) is 4.30. The summed E-state index contributed by atoms with van der Waals surface area (Å²) in [5, 5.41) is 11.5. The number of aryl methyl sites for hydroxylation is 1. The van der Waals surface area contributed by atoms with Gasteiger partial charge in [-0.3, -0.25) is 4.79 Å². The van der Waals surface area contributed by atoms with Gasteiger partial charge in [0.15, 0.2) is 5.16 Å². The first-order chi connectivity index (χ1) is 9.58. The number of amides is 1. The summed E-state index contributed by atoms with van der Waals surface area (Å²) in [6.07, 6.45) is 0. The number of benzene rings is 1. The van der Waals surface area contributed by atoms with Gasteiger partial charge in [0.25, 0.3) is 0 Å². The summed E-state index contributed by atoms with van der Waals surface area (Å²) < 4.78 is 1.88. The fraction of sp³-hybridized carbons (Fsp3) is 0.357. The van der Waals surface area contributed by atoms with Crippen molar-refractivity contribution in [1.29, 1.82) is 0 Å². The van der Waals surface area contributed by atoms with E-state index in [1.165, 1.54) is 11.8 Å². The predicted octanol–water partition coefficient (Wildman–Crippen LogP) is 1.92. The Morgan fingerprint density at radius 2 is 2.05 bits per heavy atom. The molecule has 1 aromatic heterocycles. The molecule has 0 unspecified atom stereocenters. The number of hydrogen-bond acceptors (Lipinski definition) is 4. The van der Waals surface area contributed by atoms with Gasteiger partial charge in [0.05, 0.1) is 5.25 Å². The van der Waals surface area contributed by atoms with Crippen LogP contribution in [0.3, 0.4) is 0 Å². The van der Waals surface area contributed by atoms with E-state index in [-0.39, 0.29) is 11.2 Å². The standard InChI is InChI=1S/C14H18N4OS/c1-10(20-14-17-16-11(2)18(14)3)13(19)15-9-12-7-5-4-6-8-12/h4-8,10H,9H2,1-3H3,(H,15,19)/t10-/m1/s1. The SMILES string of the molecule is Cc1nnc(S[C@H](C)C(=O)NCc2ccccc2)n1C. The average molecular weight is 290 g/mol. The number of rotatable bonds is 5. The van der Waals surface area contributed by atoms with Crippen molar-refractivity contribution >= 4 is 17.7 Å². The maximum atomic E-state index is 12.0. The molecule has 0 saturated heterocycles. The zero-order chi connectivity index (χ0) is 14.5. The number of carbonyl (C=O) groups is 1. The van der Waals surface area contributed by atoms with Gasteiger partial charge in [0.2, 0.25) is 5.91 Å². The Morgan fingerprint density at radius 3 is 2.65 bits per heavy atom. The van der Waals surface area contributed by atoms with Crippen LogP contribution in [0.5, 0.6) is 0 Å². The van der Waals surface area contributed by atoms with Crippen molar-refractivity contribution < 1.29 is 4.79 Å². The molecule has 1 amide bonds. The fourth-order valence-electron chi connectivity index (χ4n) is 1.63. The normalized spacial score (nSPS) is 12.2. The minimum Gasteiger partial charge on any atom is -0.351 e. The first kappa shape index (κ1) is 14.6. The number of nitrogens with zero attached hydrogens (tertiary/aromatic N) is 3. The first-order valence-corrected chi connectivity index (χ1v) is 7.30. The summed E-state index contributed by atoms with van der Waals surface area (Å²) >= 11 is 1.41. The van der Waals surface area contributed by atoms with E-state index in [1.54, 1.807) is 0 Å². The van der Waals surface area contributed by atoms with Crippen LogP contribution >= 0.6 is 11.8 Å². The van der Waals surface area contributed by atoms with Gasteiger partial charge in [-0.2, -0.15) is 0 Å². The third-order valence-corrected chi connectivity index (χ3v) is 4.15. The molecule has 0 spiro atoms. The Bertz CT molecular complexity index is 582. The maximum Gasteiger partial charge on any atom is 0.233 e. The molecule has 2 aromatic rings. The lowest BCUT2D eigenvalue weighted by molar-refractivity contribution is -0.120. The largest absolute Gasteiger partial charge is 0.351 e. The van der Waals surface area contributed by atoms with Gasteiger partial charge in [-0.15, -0.1) is 10.2 Å². The summed E-state index contributed by atoms with van der Waals surface area (Å²) in [7, 11) is 1.90. The highest BCUT2D eigenvalue weighted by molar-refractivity contribution is 8.00. The molecule has 0 fully saturated rings. The second-order valence-corrected chi connectivity index (χ2v) is 5.86. The molecular formula is C14H18N4OS. The lowest BCUT2D eigenvalue weighted by Crippen LogP contribution is -2.30. The molecule has 106 valence electrons. The van der Waals surface area contributed by atoms with Crippen molar-refractivity contribution in [3.05, 3.63) is 41.7 Å². The van der Waals surface area contributed by atoms with Crippen LogP contribution < -0.4 is 5.32 Å². The summed E-state index contributed by atoms with van der Waals surface area (Å²) in [6, 6.07) is 9.86. The van der Waals surface area contributed by atoms with Crippen LogP contribution in [0.1, 0.15) is 18.3 Å². The monoisotopic (exact) mass is 290 g/mol. The minimum absolute atomic E-state index is 0.000457. The molecule has 2 rings (SSSR count). The summed E-state index contributed by atoms with van der Waals surface area (Å²) in [5.74, 6) is 0.837. The van der Waals surface area contributed by atoms with E-state index < -0.39 is 0 Å². The van der Waals surface area contributed by atoms with Crippen LogP contribution in [0.25, 0.3) is 0 Å². The number of aromatic nitrogens is 3. The molecule has 1 heterocycles. The van der Waals surface area contributed by atoms with Gasteiger partial charge in [0.1, 0.15) is 5.82 Å². The summed E-state index contributed by atoms with van der Waals surface area (Å²) in [5.41, 5.74) is 1.09. The van der Waals surface area contributed by atoms with E-state index in [1.807, 2.05) is 55.8 Å². The van der Waals surface area contributed by atoms with Crippen molar-refractivity contribution in [2.24, 2.45) is 7.05 Å². The van der Waals surface area contributed by atoms with Crippen molar-refractivity contribution in [2.45, 2.75) is 30.8 Å². The Kier molecular flexibility index (Phi) is 4.79. The molecule has 0 saturated carbocycles. The smallest absolute Gasteiger partial charge is 0.233 e. The Labute approximate surface area is 122 Å². The van der Waals surface area contributed by atoms with E-state index in [0.717, 1.165) is 16.5 Å². The van der Waals surface area contributed by atoms with Crippen LogP contribution in [-0.2, 0) is 18.4 Å². The zero-order valence-electron chi connectivity index (χ0n) is 11.8. The molecule has 6 heteroatoms. The van der Waals surface area contributed by atoms with E-state index in [9.17, 15) is 4.79 Å². The van der Waals surface area contributed by atoms with Gasteiger partial charge in [-0.25, -0.2) is 0 Å². The fourth-order valence-corrected chi connectivity index (χ4v) is 2.52. The molecule has 1 aromatic carbocycles. The van der Waals surface area contributed by atoms with Crippen molar-refractivity contribution in [3.63, 3.8) is 0 Å². The van der Waals surface area contributed by atoms with E-state index >= 15 is 0 Å². The molecule has 0 bridgehead atoms. The molecule has 0 aliphatic heterocycles. The number of thioether (sulfide) groups is 1. The van der Waals surface area contributed by atoms with Crippen LogP contribution in [0, 0.1) is 6.92 Å². The second-order valence-electron chi connectivity index (χ2n) is 4.55. The third-order valence-electron chi connectivity index (χ3n) is 3.01. The van der Waals surface area contributed by atoms with Crippen molar-refractivity contribution in [3.8, 4) is 0 Å². The highest BCUT2D eigenvalue weighted by Gasteiger charge is 2.17. The van der Waals surface area contributed by atoms with Crippen molar-refractivity contribution in [1.82, 2.24) is 20.1 Å². The molecule has 20 heavy (non-hydrogen) atoms. The van der Waals surface area contributed by atoms with E-state index in [0.29, 0.717) is 6.54 Å². The van der Waals surface area contributed by atoms with Crippen molar-refractivity contribution in [2.75, 3.05) is 0 Å². The van der Waals surface area contributed by atoms with Crippen LogP contribution in [0.15, 0.2) is 35.5 Å². The van der Waals surface area contributed by atoms with E-state index in [2.05, 4.69) is 15.5 Å². The topological polar surface area (TPSA) is 59.8 Å². The quantitative estimate of drug-likeness (QED) is 0.855. The van der Waals surface area contributed by atoms with Gasteiger partial charge in [-0.1, -0.05) is 42.1 Å². The van der Waals surface area contributed by atoms with E-state index in [4.69, 9.17) is 0 Å². The molecule has 0 radical (unpaired) electrons. The Hall–Kier alpha value is -1.82. The highest BCUT2D eigenvalue weighted by atomic mass is 32.2. The summed E-state index contributed by atoms with van der Waals surface area (Å²) in [4.78, 5) is 12.0. The molecule has 1 atom stereocenters. The maximum absolute atomic E-state index is 12.0. The van der Waals surface area contributed by atoms with Gasteiger partial charge >= 0.3 is 0 Å². The zero-order valence-corrected chi connectivity index (χ0v) is 12.6. The Balaban J connectivity index is 1.88. The second kappa shape index (κ2) is 6.56. The predicted molar refractivity (Wildman–Crippen MR) is 79.3 cm³/mol. The first-order valence-electron chi connectivity index (χ1n) is 6.42. The lowest BCUT2D eigenvalue weighted by atomic mass is 10.2. The van der Waals surface area contributed by atoms with Gasteiger partial charge < -0.3 is 9.88 Å². The molecule has 1 N–H and O–H groups in total. The van der Waals surface area contributed by atoms with Crippen LogP contribution in [0.2, 0.25) is 0 Å². The number of nitrogens with one attached hydrogen (secondary N) is 1. The lowest BCUT2D eigenvalue weighted by Gasteiger charge is -2.11. The van der Waals surface area contributed by atoms with Crippen LogP contribution in [0.4, 0.5) is 0 Å². The number of carbonyl (C=O) groups excluding carboxylic acids is 1. The highest BCUT2D eigenvalue weighted by Crippen LogP contribution is 2.21. The molecule has 0 aliphatic carbocycles. The third kappa shape index (κ3) is 3.60. The average Bonchev–Trinajstić information content (AvgIpc) is 2.78. The Morgan fingerprint density at radius 1 is 1.35 bits per heavy atom. The van der Waals surface area contributed by atoms with Gasteiger partial charge in [-0.05, 0) is 19.4 Å². The molecule has 5 nitrogen and oxygen atoms in total. The van der Waals surface area contributed by atoms with Crippen LogP contribution in [-0.4, -0.2) is 25.9 Å². The molecule has 0 aliphatic rings. The van der Waals surface area contributed by atoms with Gasteiger partial charge in [0, 0.05) is 13.6 Å². The molecular weight excluding hydrogens is 272 g/mol. The number of hydrogen-bond donors (Lipinski definition) is 1. The minimum atomic E-state index is -0.207.